The molecule has 0 aliphatic heterocycles. The van der Waals surface area contributed by atoms with Crippen LogP contribution in [-0.4, -0.2) is 59.9 Å². The monoisotopic (exact) mass is 633 g/mol. The van der Waals surface area contributed by atoms with Gasteiger partial charge in [0.05, 0.1) is 0 Å². The van der Waals surface area contributed by atoms with Gasteiger partial charge in [-0.05, 0) is 114 Å². The maximum atomic E-state index is 13.0. The first kappa shape index (κ1) is 33.8. The third-order valence-corrected chi connectivity index (χ3v) is 9.03. The van der Waals surface area contributed by atoms with Crippen LogP contribution in [0.15, 0.2) is 72.8 Å². The molecule has 4 rings (SSSR count). The van der Waals surface area contributed by atoms with Crippen molar-refractivity contribution in [3.8, 4) is 11.5 Å². The van der Waals surface area contributed by atoms with Crippen molar-refractivity contribution in [3.05, 3.63) is 95.1 Å². The number of thioether (sulfide) groups is 1. The highest BCUT2D eigenvalue weighted by Gasteiger charge is 2.56. The van der Waals surface area contributed by atoms with E-state index in [-0.39, 0.29) is 17.9 Å². The molecule has 1 N–H and O–H groups in total. The van der Waals surface area contributed by atoms with E-state index >= 15 is 0 Å². The molecule has 44 heavy (non-hydrogen) atoms. The van der Waals surface area contributed by atoms with E-state index in [1.165, 1.54) is 28.5 Å². The first-order valence-electron chi connectivity index (χ1n) is 15.2. The van der Waals surface area contributed by atoms with Gasteiger partial charge in [0, 0.05) is 13.0 Å². The normalized spacial score (nSPS) is 14.1. The molecule has 0 saturated carbocycles. The number of phenols is 1. The van der Waals surface area contributed by atoms with Gasteiger partial charge in [-0.15, -0.1) is 0 Å². The first-order chi connectivity index (χ1) is 21.1. The quantitative estimate of drug-likeness (QED) is 0.134. The van der Waals surface area contributed by atoms with Crippen molar-refractivity contribution in [1.29, 1.82) is 0 Å². The number of ether oxygens (including phenoxy) is 1. The van der Waals surface area contributed by atoms with Gasteiger partial charge in [-0.2, -0.15) is 33.7 Å². The Labute approximate surface area is 261 Å². The van der Waals surface area contributed by atoms with Crippen LogP contribution in [0.3, 0.4) is 0 Å². The van der Waals surface area contributed by atoms with E-state index in [0.717, 1.165) is 67.8 Å². The Hall–Kier alpha value is -3.04. The van der Waals surface area contributed by atoms with Crippen LogP contribution in [0.5, 0.6) is 11.5 Å². The minimum atomic E-state index is -5.47. The highest BCUT2D eigenvalue weighted by Crippen LogP contribution is 2.41. The fourth-order valence-electron chi connectivity index (χ4n) is 5.50. The van der Waals surface area contributed by atoms with E-state index < -0.39 is 18.5 Å². The molecule has 3 aromatic rings. The van der Waals surface area contributed by atoms with Crippen LogP contribution >= 0.6 is 11.8 Å². The molecule has 0 spiro atoms. The van der Waals surface area contributed by atoms with Gasteiger partial charge in [0.25, 0.3) is 0 Å². The van der Waals surface area contributed by atoms with Crippen molar-refractivity contribution in [2.75, 3.05) is 37.7 Å². The Morgan fingerprint density at radius 1 is 0.841 bits per heavy atom. The molecule has 1 aliphatic rings. The van der Waals surface area contributed by atoms with E-state index in [4.69, 9.17) is 4.74 Å². The molecule has 0 radical (unpaired) electrons. The molecule has 0 saturated heterocycles. The molecule has 0 atom stereocenters. The summed E-state index contributed by atoms with van der Waals surface area (Å²) >= 11 is 1.41. The van der Waals surface area contributed by atoms with Crippen LogP contribution in [0.1, 0.15) is 61.3 Å². The Morgan fingerprint density at radius 2 is 1.57 bits per heavy atom. The van der Waals surface area contributed by atoms with Crippen molar-refractivity contribution in [1.82, 2.24) is 4.90 Å². The summed E-state index contributed by atoms with van der Waals surface area (Å²) in [5.41, 5.74) is 7.06. The lowest BCUT2D eigenvalue weighted by molar-refractivity contribution is -0.284. The topological polar surface area (TPSA) is 32.7 Å². The first-order valence-corrected chi connectivity index (χ1v) is 16.3. The Bertz CT molecular complexity index is 1360. The minimum absolute atomic E-state index is 0.164. The molecule has 0 aromatic heterocycles. The van der Waals surface area contributed by atoms with Gasteiger partial charge in [0.1, 0.15) is 18.1 Å². The van der Waals surface area contributed by atoms with Gasteiger partial charge < -0.3 is 14.7 Å². The minimum Gasteiger partial charge on any atom is -0.508 e. The second-order valence-electron chi connectivity index (χ2n) is 11.0. The number of allylic oxidation sites excluding steroid dienone is 1. The molecule has 0 amide bonds. The molecule has 3 nitrogen and oxygen atoms in total. The van der Waals surface area contributed by atoms with Gasteiger partial charge in [-0.3, -0.25) is 0 Å². The number of aryl methyl sites for hydroxylation is 1. The number of aromatic hydroxyl groups is 1. The van der Waals surface area contributed by atoms with Crippen LogP contribution < -0.4 is 4.74 Å². The molecule has 0 fully saturated rings. The highest BCUT2D eigenvalue weighted by atomic mass is 32.2. The van der Waals surface area contributed by atoms with Crippen molar-refractivity contribution in [2.24, 2.45) is 0 Å². The van der Waals surface area contributed by atoms with E-state index in [9.17, 15) is 27.1 Å². The summed E-state index contributed by atoms with van der Waals surface area (Å²) in [5, 5.41) is 10.1. The summed E-state index contributed by atoms with van der Waals surface area (Å²) in [7, 11) is 0. The van der Waals surface area contributed by atoms with Gasteiger partial charge in [-0.1, -0.05) is 55.5 Å². The number of halogens is 5. The van der Waals surface area contributed by atoms with E-state index in [2.05, 4.69) is 48.2 Å². The molecular weight excluding hydrogens is 593 g/mol. The molecule has 0 heterocycles. The Balaban J connectivity index is 1.30. The van der Waals surface area contributed by atoms with E-state index in [1.807, 2.05) is 30.3 Å². The third kappa shape index (κ3) is 9.24. The molecule has 9 heteroatoms. The number of nitrogens with zero attached hydrogens (tertiary/aromatic N) is 1. The summed E-state index contributed by atoms with van der Waals surface area (Å²) < 4.78 is 68.8. The number of fused-ring (bicyclic) bond motifs is 1. The average Bonchev–Trinajstić information content (AvgIpc) is 3.19. The number of rotatable bonds is 15. The maximum absolute atomic E-state index is 13.0. The molecule has 238 valence electrons. The molecule has 0 unspecified atom stereocenters. The summed E-state index contributed by atoms with van der Waals surface area (Å²) in [6.45, 7) is 4.92. The van der Waals surface area contributed by atoms with Gasteiger partial charge in [-0.25, -0.2) is 0 Å². The maximum Gasteiger partial charge on any atom is 0.453 e. The number of benzene rings is 3. The molecule has 0 bridgehead atoms. The van der Waals surface area contributed by atoms with Crippen molar-refractivity contribution in [3.63, 3.8) is 0 Å². The van der Waals surface area contributed by atoms with Crippen molar-refractivity contribution in [2.45, 2.75) is 57.5 Å². The summed E-state index contributed by atoms with van der Waals surface area (Å²) in [5.74, 6) is -2.56. The van der Waals surface area contributed by atoms with Crippen LogP contribution in [0.2, 0.25) is 0 Å². The highest BCUT2D eigenvalue weighted by molar-refractivity contribution is 7.99. The number of likely N-dealkylation sites (N-methyl/N-ethyl adjacent to an activating group) is 1. The van der Waals surface area contributed by atoms with Gasteiger partial charge in [0.2, 0.25) is 0 Å². The molecule has 1 aliphatic carbocycles. The zero-order valence-electron chi connectivity index (χ0n) is 25.0. The number of alkyl halides is 5. The lowest BCUT2D eigenvalue weighted by atomic mass is 9.88. The second-order valence-corrected chi connectivity index (χ2v) is 12.2. The number of phenolic OH excluding ortho intramolecular Hbond substituents is 1. The third-order valence-electron chi connectivity index (χ3n) is 7.88. The molecular formula is C35H40F5NO2S. The Morgan fingerprint density at radius 3 is 2.27 bits per heavy atom. The summed E-state index contributed by atoms with van der Waals surface area (Å²) in [6.07, 6.45) is -3.14. The largest absolute Gasteiger partial charge is 0.508 e. The standard InChI is InChI=1S/C35H40F5NO2S/c1-2-41(20-8-24-44-23-7-19-34(36,37)35(38,39)40)21-22-43-30-16-13-27(14-17-30)33-31(26-9-4-3-5-10-26)12-6-11-28-25-29(42)15-18-32(28)33/h3-5,9-10,13-18,25,42H,2,6-8,11-12,19-24H2,1H3. The van der Waals surface area contributed by atoms with Crippen molar-refractivity contribution < 1.29 is 31.8 Å². The zero-order valence-corrected chi connectivity index (χ0v) is 25.8. The lowest BCUT2D eigenvalue weighted by Gasteiger charge is -2.21. The lowest BCUT2D eigenvalue weighted by Crippen LogP contribution is -2.36. The van der Waals surface area contributed by atoms with Crippen LogP contribution in [0.25, 0.3) is 11.1 Å². The van der Waals surface area contributed by atoms with E-state index in [1.54, 1.807) is 6.07 Å². The molecule has 3 aromatic carbocycles. The van der Waals surface area contributed by atoms with Crippen LogP contribution in [0.4, 0.5) is 22.0 Å². The zero-order chi connectivity index (χ0) is 31.6. The predicted molar refractivity (Wildman–Crippen MR) is 170 cm³/mol. The van der Waals surface area contributed by atoms with E-state index in [0.29, 0.717) is 12.4 Å². The summed E-state index contributed by atoms with van der Waals surface area (Å²) in [4.78, 5) is 2.24. The van der Waals surface area contributed by atoms with Crippen LogP contribution in [0, 0.1) is 0 Å². The fraction of sp³-hybridized carbons (Fsp3) is 0.429. The smallest absolute Gasteiger partial charge is 0.453 e. The SMILES string of the molecule is CCN(CCCSCCCC(F)(F)C(F)(F)F)CCOc1ccc(C2=C(c3ccccc3)CCCc3cc(O)ccc32)cc1. The van der Waals surface area contributed by atoms with Crippen molar-refractivity contribution >= 4 is 22.9 Å². The van der Waals surface area contributed by atoms with Gasteiger partial charge in [0.15, 0.2) is 0 Å². The predicted octanol–water partition coefficient (Wildman–Crippen LogP) is 9.49. The Kier molecular flexibility index (Phi) is 12.2. The average molecular weight is 634 g/mol. The summed E-state index contributed by atoms with van der Waals surface area (Å²) in [6, 6.07) is 24.3. The number of hydrogen-bond acceptors (Lipinski definition) is 4. The second kappa shape index (κ2) is 15.8. The van der Waals surface area contributed by atoms with Gasteiger partial charge >= 0.3 is 12.1 Å². The van der Waals surface area contributed by atoms with Crippen LogP contribution in [-0.2, 0) is 6.42 Å². The fourth-order valence-corrected chi connectivity index (χ4v) is 6.39. The number of hydrogen-bond donors (Lipinski definition) is 1.